The molecule has 136 valence electrons. The number of nitrogens with zero attached hydrogens (tertiary/aromatic N) is 1. The van der Waals surface area contributed by atoms with Gasteiger partial charge in [0, 0.05) is 29.6 Å². The Labute approximate surface area is 154 Å². The fourth-order valence-corrected chi connectivity index (χ4v) is 3.23. The van der Waals surface area contributed by atoms with Crippen LogP contribution in [0.4, 0.5) is 8.78 Å². The molecule has 2 atom stereocenters. The molecule has 0 bridgehead atoms. The maximum absolute atomic E-state index is 14.1. The van der Waals surface area contributed by atoms with Crippen molar-refractivity contribution in [2.45, 2.75) is 19.1 Å². The number of fused-ring (bicyclic) bond motifs is 1. The molecular weight excluding hydrogens is 350 g/mol. The van der Waals surface area contributed by atoms with E-state index in [-0.39, 0.29) is 17.6 Å². The second kappa shape index (κ2) is 6.79. The molecule has 2 unspecified atom stereocenters. The Bertz CT molecular complexity index is 1010. The van der Waals surface area contributed by atoms with Gasteiger partial charge in [-0.1, -0.05) is 12.1 Å². The van der Waals surface area contributed by atoms with E-state index in [0.717, 1.165) is 11.6 Å². The fourth-order valence-electron chi connectivity index (χ4n) is 3.23. The Morgan fingerprint density at radius 1 is 1.04 bits per heavy atom. The van der Waals surface area contributed by atoms with Gasteiger partial charge in [-0.15, -0.1) is 0 Å². The summed E-state index contributed by atoms with van der Waals surface area (Å²) in [6.45, 7) is 1.90. The third-order valence-corrected chi connectivity index (χ3v) is 4.62. The highest BCUT2D eigenvalue weighted by Crippen LogP contribution is 2.35. The molecule has 6 heteroatoms. The van der Waals surface area contributed by atoms with E-state index in [2.05, 4.69) is 10.3 Å². The summed E-state index contributed by atoms with van der Waals surface area (Å²) in [7, 11) is 0. The lowest BCUT2D eigenvalue weighted by atomic mass is 9.97. The summed E-state index contributed by atoms with van der Waals surface area (Å²) >= 11 is 0. The van der Waals surface area contributed by atoms with Gasteiger partial charge >= 0.3 is 0 Å². The van der Waals surface area contributed by atoms with Crippen LogP contribution in [0.1, 0.15) is 46.1 Å². The number of amides is 1. The summed E-state index contributed by atoms with van der Waals surface area (Å²) < 4.78 is 33.2. The number of carbonyl (C=O) groups is 1. The van der Waals surface area contributed by atoms with E-state index in [4.69, 9.17) is 4.74 Å². The smallest absolute Gasteiger partial charge is 0.252 e. The third-order valence-electron chi connectivity index (χ3n) is 4.62. The third kappa shape index (κ3) is 3.26. The molecule has 0 fully saturated rings. The highest BCUT2D eigenvalue weighted by Gasteiger charge is 2.32. The number of pyridine rings is 1. The van der Waals surface area contributed by atoms with Gasteiger partial charge in [-0.2, -0.15) is 0 Å². The van der Waals surface area contributed by atoms with E-state index in [9.17, 15) is 13.6 Å². The minimum atomic E-state index is -0.695. The Hall–Kier alpha value is -3.28. The van der Waals surface area contributed by atoms with Gasteiger partial charge < -0.3 is 10.1 Å². The van der Waals surface area contributed by atoms with Crippen molar-refractivity contribution < 1.29 is 18.3 Å². The Morgan fingerprint density at radius 2 is 1.78 bits per heavy atom. The molecule has 0 radical (unpaired) electrons. The number of benzene rings is 2. The van der Waals surface area contributed by atoms with Crippen LogP contribution in [0.5, 0.6) is 5.75 Å². The van der Waals surface area contributed by atoms with Crippen molar-refractivity contribution in [3.8, 4) is 5.75 Å². The van der Waals surface area contributed by atoms with Gasteiger partial charge in [-0.3, -0.25) is 9.78 Å². The first kappa shape index (κ1) is 17.1. The molecule has 2 aromatic carbocycles. The summed E-state index contributed by atoms with van der Waals surface area (Å²) in [4.78, 5) is 16.3. The number of ether oxygens (including phenoxy) is 1. The molecule has 0 aliphatic carbocycles. The molecule has 1 aliphatic rings. The first-order valence-corrected chi connectivity index (χ1v) is 8.49. The van der Waals surface area contributed by atoms with Crippen molar-refractivity contribution in [3.05, 3.63) is 94.8 Å². The molecule has 27 heavy (non-hydrogen) atoms. The molecule has 1 aliphatic heterocycles. The number of halogens is 2. The van der Waals surface area contributed by atoms with Crippen LogP contribution in [0.25, 0.3) is 0 Å². The monoisotopic (exact) mass is 366 g/mol. The second-order valence-electron chi connectivity index (χ2n) is 6.36. The molecule has 4 nitrogen and oxygen atoms in total. The van der Waals surface area contributed by atoms with Crippen LogP contribution >= 0.6 is 0 Å². The zero-order valence-electron chi connectivity index (χ0n) is 14.4. The largest absolute Gasteiger partial charge is 0.486 e. The topological polar surface area (TPSA) is 51.2 Å². The Morgan fingerprint density at radius 3 is 2.52 bits per heavy atom. The fraction of sp³-hybridized carbons (Fsp3) is 0.143. The van der Waals surface area contributed by atoms with Gasteiger partial charge in [0.1, 0.15) is 23.5 Å². The average molecular weight is 366 g/mol. The minimum absolute atomic E-state index is 0.221. The van der Waals surface area contributed by atoms with Crippen molar-refractivity contribution in [2.24, 2.45) is 0 Å². The van der Waals surface area contributed by atoms with Crippen LogP contribution in [0.2, 0.25) is 0 Å². The van der Waals surface area contributed by atoms with Gasteiger partial charge in [0.2, 0.25) is 0 Å². The molecule has 4 rings (SSSR count). The van der Waals surface area contributed by atoms with Gasteiger partial charge in [0.15, 0.2) is 0 Å². The van der Waals surface area contributed by atoms with Crippen LogP contribution in [-0.4, -0.2) is 10.9 Å². The Kier molecular flexibility index (Phi) is 4.32. The van der Waals surface area contributed by atoms with Crippen LogP contribution < -0.4 is 10.1 Å². The van der Waals surface area contributed by atoms with E-state index in [1.807, 2.05) is 19.1 Å². The molecular formula is C21H16F2N2O2. The molecule has 2 heterocycles. The van der Waals surface area contributed by atoms with Gasteiger partial charge in [0.25, 0.3) is 5.91 Å². The second-order valence-corrected chi connectivity index (χ2v) is 6.36. The number of nitrogens with one attached hydrogen (secondary N) is 1. The van der Waals surface area contributed by atoms with E-state index >= 15 is 0 Å². The number of hydrogen-bond acceptors (Lipinski definition) is 3. The zero-order chi connectivity index (χ0) is 19.0. The van der Waals surface area contributed by atoms with Crippen LogP contribution in [0.3, 0.4) is 0 Å². The SMILES string of the molecule is CC(Oc1ccc2c(c1)C(=O)NC2c1ccc(F)cc1F)c1ccncc1. The van der Waals surface area contributed by atoms with Crippen molar-refractivity contribution in [1.82, 2.24) is 10.3 Å². The first-order chi connectivity index (χ1) is 13.0. The number of rotatable bonds is 4. The van der Waals surface area contributed by atoms with E-state index in [1.54, 1.807) is 30.6 Å². The summed E-state index contributed by atoms with van der Waals surface area (Å²) in [6.07, 6.45) is 3.15. The van der Waals surface area contributed by atoms with Gasteiger partial charge in [-0.05, 0) is 48.4 Å². The van der Waals surface area contributed by atoms with Gasteiger partial charge in [-0.25, -0.2) is 8.78 Å². The number of carbonyl (C=O) groups excluding carboxylic acids is 1. The van der Waals surface area contributed by atoms with E-state index in [1.165, 1.54) is 12.1 Å². The lowest BCUT2D eigenvalue weighted by Gasteiger charge is -2.16. The molecule has 0 saturated carbocycles. The summed E-state index contributed by atoms with van der Waals surface area (Å²) in [5, 5.41) is 2.74. The first-order valence-electron chi connectivity index (χ1n) is 8.49. The highest BCUT2D eigenvalue weighted by atomic mass is 19.1. The molecule has 1 N–H and O–H groups in total. The van der Waals surface area contributed by atoms with Crippen LogP contribution in [0.15, 0.2) is 60.9 Å². The predicted octanol–water partition coefficient (Wildman–Crippen LogP) is 4.33. The van der Waals surface area contributed by atoms with Crippen molar-refractivity contribution >= 4 is 5.91 Å². The lowest BCUT2D eigenvalue weighted by Crippen LogP contribution is -2.20. The quantitative estimate of drug-likeness (QED) is 0.748. The lowest BCUT2D eigenvalue weighted by molar-refractivity contribution is 0.0959. The van der Waals surface area contributed by atoms with E-state index < -0.39 is 17.7 Å². The van der Waals surface area contributed by atoms with Crippen LogP contribution in [-0.2, 0) is 0 Å². The van der Waals surface area contributed by atoms with Crippen molar-refractivity contribution in [3.63, 3.8) is 0 Å². The standard InChI is InChI=1S/C21H16F2N2O2/c1-12(13-6-8-24-9-7-13)27-15-3-5-16-18(11-15)21(26)25-20(16)17-4-2-14(22)10-19(17)23/h2-12,20H,1H3,(H,25,26). The Balaban J connectivity index is 1.62. The summed E-state index contributed by atoms with van der Waals surface area (Å²) in [6, 6.07) is 11.5. The molecule has 0 saturated heterocycles. The summed E-state index contributed by atoms with van der Waals surface area (Å²) in [5.41, 5.74) is 2.24. The van der Waals surface area contributed by atoms with E-state index in [0.29, 0.717) is 16.9 Å². The zero-order valence-corrected chi connectivity index (χ0v) is 14.4. The maximum Gasteiger partial charge on any atom is 0.252 e. The normalized spacial score (nSPS) is 16.6. The van der Waals surface area contributed by atoms with Crippen LogP contribution in [0, 0.1) is 11.6 Å². The van der Waals surface area contributed by atoms with Gasteiger partial charge in [0.05, 0.1) is 6.04 Å². The van der Waals surface area contributed by atoms with Crippen molar-refractivity contribution in [1.29, 1.82) is 0 Å². The van der Waals surface area contributed by atoms with Crippen molar-refractivity contribution in [2.75, 3.05) is 0 Å². The molecule has 0 spiro atoms. The minimum Gasteiger partial charge on any atom is -0.486 e. The molecule has 1 aromatic heterocycles. The highest BCUT2D eigenvalue weighted by molar-refractivity contribution is 6.00. The molecule has 3 aromatic rings. The summed E-state index contributed by atoms with van der Waals surface area (Å²) in [5.74, 6) is -1.14. The number of hydrogen-bond donors (Lipinski definition) is 1. The predicted molar refractivity (Wildman–Crippen MR) is 95.4 cm³/mol. The maximum atomic E-state index is 14.1. The number of aromatic nitrogens is 1. The average Bonchev–Trinajstić information content (AvgIpc) is 2.98. The molecule has 1 amide bonds.